The molecule has 0 fully saturated rings. The zero-order chi connectivity index (χ0) is 15.0. The van der Waals surface area contributed by atoms with Crippen molar-refractivity contribution in [2.24, 2.45) is 0 Å². The van der Waals surface area contributed by atoms with Gasteiger partial charge in [-0.2, -0.15) is 9.78 Å². The van der Waals surface area contributed by atoms with Crippen molar-refractivity contribution >= 4 is 38.6 Å². The summed E-state index contributed by atoms with van der Waals surface area (Å²) in [4.78, 5) is 12.2. The Balaban J connectivity index is 1.94. The fraction of sp³-hybridized carbons (Fsp3) is 0.0667. The number of hydrogen-bond acceptors (Lipinski definition) is 2. The van der Waals surface area contributed by atoms with Crippen LogP contribution in [-0.2, 0) is 0 Å². The zero-order valence-corrected chi connectivity index (χ0v) is 12.7. The molecular formula is C15H11BrFN3O. The highest BCUT2D eigenvalue weighted by Gasteiger charge is 2.13. The van der Waals surface area contributed by atoms with Crippen molar-refractivity contribution in [2.75, 3.05) is 5.32 Å². The number of halogens is 2. The number of rotatable bonds is 1. The van der Waals surface area contributed by atoms with Crippen LogP contribution >= 0.6 is 15.9 Å². The van der Waals surface area contributed by atoms with Crippen LogP contribution in [0.5, 0.6) is 0 Å². The number of anilines is 1. The van der Waals surface area contributed by atoms with Gasteiger partial charge in [0.2, 0.25) is 0 Å². The number of benzene rings is 2. The number of hydrogen-bond donors (Lipinski definition) is 1. The Morgan fingerprint density at radius 2 is 2.10 bits per heavy atom. The average Bonchev–Trinajstić information content (AvgIpc) is 2.84. The molecule has 4 nitrogen and oxygen atoms in total. The van der Waals surface area contributed by atoms with E-state index in [1.54, 1.807) is 12.3 Å². The molecule has 1 amide bonds. The number of aromatic nitrogens is 2. The molecule has 1 heterocycles. The molecule has 0 saturated carbocycles. The molecule has 0 spiro atoms. The lowest BCUT2D eigenvalue weighted by Crippen LogP contribution is -2.21. The minimum Gasteiger partial charge on any atom is -0.303 e. The van der Waals surface area contributed by atoms with E-state index in [4.69, 9.17) is 0 Å². The van der Waals surface area contributed by atoms with Crippen molar-refractivity contribution in [1.82, 2.24) is 9.78 Å². The lowest BCUT2D eigenvalue weighted by molar-refractivity contribution is 0.251. The molecule has 1 aromatic heterocycles. The van der Waals surface area contributed by atoms with Crippen molar-refractivity contribution in [3.8, 4) is 0 Å². The van der Waals surface area contributed by atoms with Crippen molar-refractivity contribution in [1.29, 1.82) is 0 Å². The Bertz CT molecular complexity index is 844. The normalized spacial score (nSPS) is 10.8. The van der Waals surface area contributed by atoms with Crippen LogP contribution in [0.25, 0.3) is 10.9 Å². The van der Waals surface area contributed by atoms with Gasteiger partial charge in [0, 0.05) is 9.86 Å². The molecule has 0 radical (unpaired) electrons. The summed E-state index contributed by atoms with van der Waals surface area (Å²) < 4.78 is 15.6. The maximum absolute atomic E-state index is 13.7. The predicted octanol–water partition coefficient (Wildman–Crippen LogP) is 4.33. The van der Waals surface area contributed by atoms with Gasteiger partial charge >= 0.3 is 6.03 Å². The first-order valence-corrected chi connectivity index (χ1v) is 7.05. The Kier molecular flexibility index (Phi) is 3.47. The van der Waals surface area contributed by atoms with Crippen molar-refractivity contribution in [2.45, 2.75) is 6.92 Å². The van der Waals surface area contributed by atoms with Gasteiger partial charge in [-0.3, -0.25) is 0 Å². The third kappa shape index (κ3) is 2.67. The SMILES string of the molecule is Cc1ccc2c(cnn2C(=O)Nc2ccc(Br)cc2F)c1. The summed E-state index contributed by atoms with van der Waals surface area (Å²) in [5.74, 6) is -0.509. The molecular weight excluding hydrogens is 337 g/mol. The summed E-state index contributed by atoms with van der Waals surface area (Å²) in [6, 6.07) is 9.58. The van der Waals surface area contributed by atoms with Gasteiger partial charge in [-0.1, -0.05) is 27.6 Å². The molecule has 0 atom stereocenters. The van der Waals surface area contributed by atoms with E-state index >= 15 is 0 Å². The van der Waals surface area contributed by atoms with E-state index in [1.165, 1.54) is 16.8 Å². The second-order valence-corrected chi connectivity index (χ2v) is 5.59. The first-order chi connectivity index (χ1) is 10.0. The fourth-order valence-corrected chi connectivity index (χ4v) is 2.41. The number of fused-ring (bicyclic) bond motifs is 1. The molecule has 0 aliphatic carbocycles. The molecule has 0 saturated heterocycles. The van der Waals surface area contributed by atoms with Crippen LogP contribution in [-0.4, -0.2) is 15.8 Å². The standard InChI is InChI=1S/C15H11BrFN3O/c1-9-2-5-14-10(6-9)8-18-20(14)15(21)19-13-4-3-11(16)7-12(13)17/h2-8H,1H3,(H,19,21). The average molecular weight is 348 g/mol. The lowest BCUT2D eigenvalue weighted by atomic mass is 10.2. The maximum Gasteiger partial charge on any atom is 0.347 e. The number of nitrogens with zero attached hydrogens (tertiary/aromatic N) is 2. The van der Waals surface area contributed by atoms with Gasteiger partial charge in [-0.05, 0) is 37.3 Å². The second-order valence-electron chi connectivity index (χ2n) is 4.67. The number of carbonyl (C=O) groups is 1. The van der Waals surface area contributed by atoms with Crippen LogP contribution in [0, 0.1) is 12.7 Å². The third-order valence-corrected chi connectivity index (χ3v) is 3.58. The lowest BCUT2D eigenvalue weighted by Gasteiger charge is -2.07. The van der Waals surface area contributed by atoms with Crippen LogP contribution in [0.1, 0.15) is 5.56 Å². The summed E-state index contributed by atoms with van der Waals surface area (Å²) >= 11 is 3.17. The van der Waals surface area contributed by atoms with Gasteiger partial charge in [0.15, 0.2) is 0 Å². The fourth-order valence-electron chi connectivity index (χ4n) is 2.07. The summed E-state index contributed by atoms with van der Waals surface area (Å²) in [5.41, 5.74) is 1.87. The highest BCUT2D eigenvalue weighted by molar-refractivity contribution is 9.10. The van der Waals surface area contributed by atoms with E-state index in [0.717, 1.165) is 10.9 Å². The van der Waals surface area contributed by atoms with Crippen LogP contribution < -0.4 is 5.32 Å². The number of amides is 1. The van der Waals surface area contributed by atoms with Gasteiger partial charge in [0.25, 0.3) is 0 Å². The predicted molar refractivity (Wildman–Crippen MR) is 83.0 cm³/mol. The largest absolute Gasteiger partial charge is 0.347 e. The summed E-state index contributed by atoms with van der Waals surface area (Å²) in [6.07, 6.45) is 1.61. The van der Waals surface area contributed by atoms with Crippen molar-refractivity contribution in [3.63, 3.8) is 0 Å². The Morgan fingerprint density at radius 3 is 2.86 bits per heavy atom. The Hall–Kier alpha value is -2.21. The van der Waals surface area contributed by atoms with Gasteiger partial charge in [-0.25, -0.2) is 9.18 Å². The molecule has 3 rings (SSSR count). The molecule has 1 N–H and O–H groups in total. The van der Waals surface area contributed by atoms with E-state index in [-0.39, 0.29) is 5.69 Å². The molecule has 2 aromatic carbocycles. The first kappa shape index (κ1) is 13.8. The summed E-state index contributed by atoms with van der Waals surface area (Å²) in [5, 5.41) is 7.43. The molecule has 0 unspecified atom stereocenters. The van der Waals surface area contributed by atoms with Crippen molar-refractivity contribution < 1.29 is 9.18 Å². The Morgan fingerprint density at radius 1 is 1.29 bits per heavy atom. The van der Waals surface area contributed by atoms with Gasteiger partial charge < -0.3 is 5.32 Å². The third-order valence-electron chi connectivity index (χ3n) is 3.09. The quantitative estimate of drug-likeness (QED) is 0.712. The first-order valence-electron chi connectivity index (χ1n) is 6.25. The van der Waals surface area contributed by atoms with E-state index in [9.17, 15) is 9.18 Å². The Labute approximate surface area is 128 Å². The highest BCUT2D eigenvalue weighted by atomic mass is 79.9. The van der Waals surface area contributed by atoms with Gasteiger partial charge in [-0.15, -0.1) is 0 Å². The van der Waals surface area contributed by atoms with Crippen molar-refractivity contribution in [3.05, 3.63) is 58.4 Å². The number of aryl methyl sites for hydroxylation is 1. The maximum atomic E-state index is 13.7. The van der Waals surface area contributed by atoms with E-state index in [1.807, 2.05) is 25.1 Å². The molecule has 6 heteroatoms. The minimum absolute atomic E-state index is 0.110. The molecule has 0 aliphatic heterocycles. The van der Waals surface area contributed by atoms with Gasteiger partial charge in [0.05, 0.1) is 17.4 Å². The zero-order valence-electron chi connectivity index (χ0n) is 11.1. The topological polar surface area (TPSA) is 46.9 Å². The number of nitrogens with one attached hydrogen (secondary N) is 1. The molecule has 21 heavy (non-hydrogen) atoms. The van der Waals surface area contributed by atoms with Crippen LogP contribution in [0.4, 0.5) is 14.9 Å². The summed E-state index contributed by atoms with van der Waals surface area (Å²) in [6.45, 7) is 1.97. The number of carbonyl (C=O) groups excluding carboxylic acids is 1. The molecule has 0 bridgehead atoms. The van der Waals surface area contributed by atoms with E-state index in [0.29, 0.717) is 9.99 Å². The molecule has 0 aliphatic rings. The smallest absolute Gasteiger partial charge is 0.303 e. The van der Waals surface area contributed by atoms with Crippen LogP contribution in [0.3, 0.4) is 0 Å². The molecule has 3 aromatic rings. The minimum atomic E-state index is -0.509. The van der Waals surface area contributed by atoms with Crippen LogP contribution in [0.15, 0.2) is 47.1 Å². The highest BCUT2D eigenvalue weighted by Crippen LogP contribution is 2.20. The monoisotopic (exact) mass is 347 g/mol. The molecule has 106 valence electrons. The van der Waals surface area contributed by atoms with E-state index < -0.39 is 11.8 Å². The van der Waals surface area contributed by atoms with E-state index in [2.05, 4.69) is 26.3 Å². The second kappa shape index (κ2) is 5.29. The van der Waals surface area contributed by atoms with Crippen LogP contribution in [0.2, 0.25) is 0 Å². The van der Waals surface area contributed by atoms with Gasteiger partial charge in [0.1, 0.15) is 5.82 Å². The summed E-state index contributed by atoms with van der Waals surface area (Å²) in [7, 11) is 0.